The fourth-order valence-corrected chi connectivity index (χ4v) is 14.7. The van der Waals surface area contributed by atoms with Gasteiger partial charge in [0.25, 0.3) is 0 Å². The molecular weight excluding hydrogens is 811 g/mol. The van der Waals surface area contributed by atoms with Crippen molar-refractivity contribution < 1.29 is 0 Å². The van der Waals surface area contributed by atoms with Gasteiger partial charge in [-0.1, -0.05) is 152 Å². The van der Waals surface area contributed by atoms with E-state index in [1.165, 1.54) is 121 Å². The second-order valence-electron chi connectivity index (χ2n) is 20.0. The summed E-state index contributed by atoms with van der Waals surface area (Å²) in [5, 5.41) is 5.03. The van der Waals surface area contributed by atoms with Crippen LogP contribution in [0, 0.1) is 23.7 Å². The van der Waals surface area contributed by atoms with Gasteiger partial charge in [-0.2, -0.15) is 0 Å². The first-order valence-corrected chi connectivity index (χ1v) is 24.5. The fraction of sp³-hybridized carbons (Fsp3) is 0.156. The van der Waals surface area contributed by atoms with Crippen LogP contribution in [-0.4, -0.2) is 9.13 Å². The van der Waals surface area contributed by atoms with E-state index in [0.29, 0.717) is 11.8 Å². The third-order valence-corrected chi connectivity index (χ3v) is 16.9. The minimum atomic E-state index is 0.0764. The Morgan fingerprint density at radius 2 is 0.701 bits per heavy atom. The molecule has 4 aliphatic carbocycles. The molecule has 9 aromatic carbocycles. The molecule has 1 aliphatic heterocycles. The molecule has 3 heterocycles. The summed E-state index contributed by atoms with van der Waals surface area (Å²) in [6.45, 7) is 0. The number of benzene rings is 9. The van der Waals surface area contributed by atoms with Crippen molar-refractivity contribution in [1.82, 2.24) is 9.13 Å². The number of anilines is 3. The summed E-state index contributed by atoms with van der Waals surface area (Å²) in [4.78, 5) is 2.62. The number of hydrogen-bond donors (Lipinski definition) is 0. The molecule has 4 fully saturated rings. The number of aromatic nitrogens is 2. The van der Waals surface area contributed by atoms with Gasteiger partial charge in [-0.25, -0.2) is 0 Å². The standard InChI is InChI=1S/C64H49N3/c1-9-25-55(67-62-31-15-7-23-53(62)64(54-24-8-16-32-63(54)67)44-36-41-35-42(38-44)39-45(64)37-41)46(17-1)43-33-34-61-52(40-43)51-22-6-14-30-60(51)66(61)59-29-13-5-21-50(59)49-20-4-12-28-58(49)65-56-26-10-2-18-47(56)48-19-3-11-27-57(48)65/h1-34,40-42,44-45H,35-39H2. The molecule has 67 heavy (non-hydrogen) atoms. The molecule has 4 saturated carbocycles. The van der Waals surface area contributed by atoms with Crippen molar-refractivity contribution in [3.63, 3.8) is 0 Å². The molecule has 16 rings (SSSR count). The number of nitrogens with zero attached hydrogens (tertiary/aromatic N) is 3. The zero-order valence-corrected chi connectivity index (χ0v) is 37.4. The molecule has 11 aromatic rings. The van der Waals surface area contributed by atoms with Gasteiger partial charge in [-0.15, -0.1) is 0 Å². The summed E-state index contributed by atoms with van der Waals surface area (Å²) in [5.74, 6) is 3.22. The average Bonchev–Trinajstić information content (AvgIpc) is 3.90. The van der Waals surface area contributed by atoms with Crippen LogP contribution in [0.15, 0.2) is 212 Å². The minimum Gasteiger partial charge on any atom is -0.309 e. The molecule has 1 spiro atoms. The molecule has 3 heteroatoms. The summed E-state index contributed by atoms with van der Waals surface area (Å²) in [5.41, 5.74) is 19.1. The Morgan fingerprint density at radius 1 is 0.313 bits per heavy atom. The largest absolute Gasteiger partial charge is 0.309 e. The summed E-state index contributed by atoms with van der Waals surface area (Å²) in [6, 6.07) is 79.9. The summed E-state index contributed by atoms with van der Waals surface area (Å²) < 4.78 is 4.95. The Kier molecular flexibility index (Phi) is 7.96. The molecule has 0 radical (unpaired) electrons. The average molecular weight is 860 g/mol. The van der Waals surface area contributed by atoms with Crippen molar-refractivity contribution in [2.75, 3.05) is 4.90 Å². The van der Waals surface area contributed by atoms with E-state index in [0.717, 1.165) is 17.5 Å². The highest BCUT2D eigenvalue weighted by atomic mass is 15.2. The van der Waals surface area contributed by atoms with E-state index in [-0.39, 0.29) is 5.41 Å². The number of para-hydroxylation sites is 8. The molecule has 0 atom stereocenters. The Bertz CT molecular complexity index is 3680. The van der Waals surface area contributed by atoms with Gasteiger partial charge in [0.05, 0.1) is 50.5 Å². The van der Waals surface area contributed by atoms with E-state index >= 15 is 0 Å². The molecule has 4 bridgehead atoms. The topological polar surface area (TPSA) is 13.1 Å². The lowest BCUT2D eigenvalue weighted by atomic mass is 9.41. The van der Waals surface area contributed by atoms with E-state index < -0.39 is 0 Å². The monoisotopic (exact) mass is 859 g/mol. The fourth-order valence-electron chi connectivity index (χ4n) is 14.7. The number of hydrogen-bond acceptors (Lipinski definition) is 1. The molecule has 2 aromatic heterocycles. The van der Waals surface area contributed by atoms with Gasteiger partial charge in [0, 0.05) is 43.7 Å². The first-order valence-electron chi connectivity index (χ1n) is 24.5. The van der Waals surface area contributed by atoms with Crippen LogP contribution < -0.4 is 4.90 Å². The Balaban J connectivity index is 0.901. The van der Waals surface area contributed by atoms with Gasteiger partial charge in [0.1, 0.15) is 0 Å². The van der Waals surface area contributed by atoms with Gasteiger partial charge in [-0.3, -0.25) is 0 Å². The second-order valence-corrected chi connectivity index (χ2v) is 20.0. The predicted molar refractivity (Wildman–Crippen MR) is 278 cm³/mol. The lowest BCUT2D eigenvalue weighted by Crippen LogP contribution is -2.57. The summed E-state index contributed by atoms with van der Waals surface area (Å²) in [6.07, 6.45) is 6.95. The third-order valence-electron chi connectivity index (χ3n) is 16.9. The molecule has 0 saturated heterocycles. The van der Waals surface area contributed by atoms with Crippen molar-refractivity contribution in [1.29, 1.82) is 0 Å². The van der Waals surface area contributed by atoms with Gasteiger partial charge < -0.3 is 14.0 Å². The summed E-state index contributed by atoms with van der Waals surface area (Å²) in [7, 11) is 0. The Labute approximate surface area is 391 Å². The van der Waals surface area contributed by atoms with Crippen molar-refractivity contribution >= 4 is 60.7 Å². The third kappa shape index (κ3) is 5.17. The highest BCUT2D eigenvalue weighted by Crippen LogP contribution is 2.69. The predicted octanol–water partition coefficient (Wildman–Crippen LogP) is 16.7. The lowest BCUT2D eigenvalue weighted by molar-refractivity contribution is -0.0419. The number of fused-ring (bicyclic) bond motifs is 8. The minimum absolute atomic E-state index is 0.0764. The first-order chi connectivity index (χ1) is 33.2. The smallest absolute Gasteiger partial charge is 0.0541 e. The zero-order valence-electron chi connectivity index (χ0n) is 37.4. The van der Waals surface area contributed by atoms with E-state index in [4.69, 9.17) is 0 Å². The van der Waals surface area contributed by atoms with Crippen LogP contribution in [-0.2, 0) is 5.41 Å². The first kappa shape index (κ1) is 37.6. The zero-order chi connectivity index (χ0) is 43.8. The maximum absolute atomic E-state index is 2.62. The maximum atomic E-state index is 2.62. The molecule has 5 aliphatic rings. The van der Waals surface area contributed by atoms with Crippen LogP contribution in [0.3, 0.4) is 0 Å². The van der Waals surface area contributed by atoms with E-state index in [1.807, 2.05) is 0 Å². The van der Waals surface area contributed by atoms with Crippen LogP contribution in [0.2, 0.25) is 0 Å². The maximum Gasteiger partial charge on any atom is 0.0541 e. The van der Waals surface area contributed by atoms with Crippen LogP contribution in [0.1, 0.15) is 43.2 Å². The molecule has 3 nitrogen and oxygen atoms in total. The van der Waals surface area contributed by atoms with E-state index in [9.17, 15) is 0 Å². The highest BCUT2D eigenvalue weighted by Gasteiger charge is 2.61. The molecule has 0 amide bonds. The van der Waals surface area contributed by atoms with Crippen molar-refractivity contribution in [2.45, 2.75) is 37.5 Å². The lowest BCUT2D eigenvalue weighted by Gasteiger charge is -2.64. The van der Waals surface area contributed by atoms with E-state index in [1.54, 1.807) is 11.1 Å². The van der Waals surface area contributed by atoms with Crippen LogP contribution >= 0.6 is 0 Å². The normalized spacial score (nSPS) is 20.0. The molecule has 0 unspecified atom stereocenters. The van der Waals surface area contributed by atoms with Crippen molar-refractivity contribution in [3.05, 3.63) is 223 Å². The van der Waals surface area contributed by atoms with Crippen molar-refractivity contribution in [3.8, 4) is 33.6 Å². The van der Waals surface area contributed by atoms with Crippen LogP contribution in [0.4, 0.5) is 17.1 Å². The van der Waals surface area contributed by atoms with Gasteiger partial charge >= 0.3 is 0 Å². The highest BCUT2D eigenvalue weighted by molar-refractivity contribution is 6.12. The molecule has 320 valence electrons. The van der Waals surface area contributed by atoms with Crippen LogP contribution in [0.5, 0.6) is 0 Å². The number of rotatable bonds is 5. The molecule has 0 N–H and O–H groups in total. The van der Waals surface area contributed by atoms with Crippen LogP contribution in [0.25, 0.3) is 77.2 Å². The quantitative estimate of drug-likeness (QED) is 0.168. The van der Waals surface area contributed by atoms with Gasteiger partial charge in [0.2, 0.25) is 0 Å². The molecular formula is C64H49N3. The van der Waals surface area contributed by atoms with Gasteiger partial charge in [0.15, 0.2) is 0 Å². The Morgan fingerprint density at radius 3 is 1.22 bits per heavy atom. The SMILES string of the molecule is c1ccc(N2c3ccccc3C3(c4ccccc42)C2CC4CC(C2)CC3C4)c(-c2ccc3c(c2)c2ccccc2n3-c2ccccc2-c2ccccc2-n2c3ccccc3c3ccccc32)c1. The Hall–Kier alpha value is -7.62. The summed E-state index contributed by atoms with van der Waals surface area (Å²) >= 11 is 0. The van der Waals surface area contributed by atoms with Crippen molar-refractivity contribution in [2.24, 2.45) is 23.7 Å². The second kappa shape index (κ2) is 14.2. The van der Waals surface area contributed by atoms with Gasteiger partial charge in [-0.05, 0) is 133 Å². The van der Waals surface area contributed by atoms with E-state index in [2.05, 4.69) is 226 Å².